The third-order valence-electron chi connectivity index (χ3n) is 5.27. The second kappa shape index (κ2) is 9.32. The number of halogens is 1. The van der Waals surface area contributed by atoms with Gasteiger partial charge in [0.1, 0.15) is 11.3 Å². The van der Waals surface area contributed by atoms with E-state index >= 15 is 0 Å². The van der Waals surface area contributed by atoms with Crippen LogP contribution in [0.3, 0.4) is 0 Å². The molecule has 3 aromatic rings. The van der Waals surface area contributed by atoms with Gasteiger partial charge in [-0.1, -0.05) is 23.7 Å². The highest BCUT2D eigenvalue weighted by molar-refractivity contribution is 6.30. The molecule has 2 heterocycles. The van der Waals surface area contributed by atoms with Gasteiger partial charge in [-0.2, -0.15) is 0 Å². The number of carbonyl (C=O) groups is 1. The van der Waals surface area contributed by atoms with Crippen molar-refractivity contribution in [1.29, 1.82) is 0 Å². The lowest BCUT2D eigenvalue weighted by Gasteiger charge is -2.28. The summed E-state index contributed by atoms with van der Waals surface area (Å²) >= 11 is 6.17. The Labute approximate surface area is 179 Å². The molecule has 1 aliphatic rings. The average molecular weight is 427 g/mol. The van der Waals surface area contributed by atoms with Crippen molar-refractivity contribution in [1.82, 2.24) is 10.2 Å². The van der Waals surface area contributed by atoms with Gasteiger partial charge in [0.2, 0.25) is 0 Å². The minimum atomic E-state index is -0.425. The SMILES string of the molecule is O=C(COc1ccc2ccc(=O)oc2c1)NCC(c1cccc(Cl)c1)N1CCCC1. The highest BCUT2D eigenvalue weighted by Crippen LogP contribution is 2.26. The van der Waals surface area contributed by atoms with Crippen LogP contribution in [0.5, 0.6) is 5.75 Å². The van der Waals surface area contributed by atoms with E-state index in [1.165, 1.54) is 6.07 Å². The third kappa shape index (κ3) is 5.01. The molecule has 1 unspecified atom stereocenters. The number of hydrogen-bond donors (Lipinski definition) is 1. The van der Waals surface area contributed by atoms with Gasteiger partial charge in [0.05, 0.1) is 6.04 Å². The molecule has 1 atom stereocenters. The van der Waals surface area contributed by atoms with Crippen molar-refractivity contribution in [3.05, 3.63) is 75.6 Å². The van der Waals surface area contributed by atoms with Crippen molar-refractivity contribution >= 4 is 28.5 Å². The van der Waals surface area contributed by atoms with E-state index in [0.29, 0.717) is 22.9 Å². The summed E-state index contributed by atoms with van der Waals surface area (Å²) in [5.41, 5.74) is 1.09. The molecule has 0 aliphatic carbocycles. The molecule has 1 N–H and O–H groups in total. The van der Waals surface area contributed by atoms with Gasteiger partial charge in [0.15, 0.2) is 6.61 Å². The van der Waals surface area contributed by atoms with Gasteiger partial charge in [-0.15, -0.1) is 0 Å². The molecule has 1 amide bonds. The number of ether oxygens (including phenoxy) is 1. The summed E-state index contributed by atoms with van der Waals surface area (Å²) in [5.74, 6) is 0.258. The van der Waals surface area contributed by atoms with Crippen LogP contribution in [0, 0.1) is 0 Å². The van der Waals surface area contributed by atoms with Crippen molar-refractivity contribution in [3.63, 3.8) is 0 Å². The van der Waals surface area contributed by atoms with Crippen LogP contribution >= 0.6 is 11.6 Å². The lowest BCUT2D eigenvalue weighted by Crippen LogP contribution is -2.38. The maximum Gasteiger partial charge on any atom is 0.336 e. The van der Waals surface area contributed by atoms with Crippen molar-refractivity contribution in [2.75, 3.05) is 26.2 Å². The standard InChI is InChI=1S/C23H23ClN2O4/c24-18-5-3-4-17(12-18)20(26-10-1-2-11-26)14-25-22(27)15-29-19-8-6-16-7-9-23(28)30-21(16)13-19/h3-9,12-13,20H,1-2,10-11,14-15H2,(H,25,27). The maximum atomic E-state index is 12.4. The number of carbonyl (C=O) groups excluding carboxylic acids is 1. The lowest BCUT2D eigenvalue weighted by molar-refractivity contribution is -0.123. The molecule has 7 heteroatoms. The molecule has 0 spiro atoms. The number of likely N-dealkylation sites (tertiary alicyclic amines) is 1. The van der Waals surface area contributed by atoms with Crippen molar-refractivity contribution in [3.8, 4) is 5.75 Å². The smallest absolute Gasteiger partial charge is 0.336 e. The zero-order chi connectivity index (χ0) is 20.9. The van der Waals surface area contributed by atoms with E-state index in [9.17, 15) is 9.59 Å². The average Bonchev–Trinajstić information content (AvgIpc) is 3.26. The highest BCUT2D eigenvalue weighted by atomic mass is 35.5. The number of hydrogen-bond acceptors (Lipinski definition) is 5. The fourth-order valence-electron chi connectivity index (χ4n) is 3.77. The van der Waals surface area contributed by atoms with Gasteiger partial charge in [-0.05, 0) is 61.8 Å². The van der Waals surface area contributed by atoms with Gasteiger partial charge >= 0.3 is 5.63 Å². The molecule has 0 radical (unpaired) electrons. The largest absolute Gasteiger partial charge is 0.484 e. The predicted octanol–water partition coefficient (Wildman–Crippen LogP) is 3.78. The van der Waals surface area contributed by atoms with Crippen LogP contribution in [-0.2, 0) is 4.79 Å². The van der Waals surface area contributed by atoms with E-state index < -0.39 is 5.63 Å². The minimum Gasteiger partial charge on any atom is -0.484 e. The minimum absolute atomic E-state index is 0.0742. The van der Waals surface area contributed by atoms with E-state index in [4.69, 9.17) is 20.8 Å². The molecule has 4 rings (SSSR count). The zero-order valence-corrected chi connectivity index (χ0v) is 17.2. The fourth-order valence-corrected chi connectivity index (χ4v) is 3.96. The van der Waals surface area contributed by atoms with Gasteiger partial charge in [0, 0.05) is 29.1 Å². The second-order valence-corrected chi connectivity index (χ2v) is 7.80. The predicted molar refractivity (Wildman–Crippen MR) is 116 cm³/mol. The second-order valence-electron chi connectivity index (χ2n) is 7.36. The number of nitrogens with one attached hydrogen (secondary N) is 1. The van der Waals surface area contributed by atoms with Crippen LogP contribution in [0.1, 0.15) is 24.4 Å². The molecule has 1 aliphatic heterocycles. The first kappa shape index (κ1) is 20.4. The van der Waals surface area contributed by atoms with Crippen LogP contribution < -0.4 is 15.7 Å². The molecular weight excluding hydrogens is 404 g/mol. The first-order valence-electron chi connectivity index (χ1n) is 10.0. The Hall–Kier alpha value is -2.83. The quantitative estimate of drug-likeness (QED) is 0.582. The van der Waals surface area contributed by atoms with E-state index in [2.05, 4.69) is 10.2 Å². The molecule has 2 aromatic carbocycles. The Morgan fingerprint density at radius 1 is 1.13 bits per heavy atom. The van der Waals surface area contributed by atoms with Crippen LogP contribution in [0.25, 0.3) is 11.0 Å². The summed E-state index contributed by atoms with van der Waals surface area (Å²) in [6.45, 7) is 2.37. The third-order valence-corrected chi connectivity index (χ3v) is 5.51. The molecule has 1 fully saturated rings. The molecule has 0 saturated carbocycles. The fraction of sp³-hybridized carbons (Fsp3) is 0.304. The van der Waals surface area contributed by atoms with Crippen LogP contribution in [-0.4, -0.2) is 37.0 Å². The summed E-state index contributed by atoms with van der Waals surface area (Å²) in [7, 11) is 0. The molecule has 6 nitrogen and oxygen atoms in total. The number of rotatable bonds is 7. The Morgan fingerprint density at radius 3 is 2.73 bits per heavy atom. The maximum absolute atomic E-state index is 12.4. The number of amides is 1. The first-order chi connectivity index (χ1) is 14.6. The molecular formula is C23H23ClN2O4. The van der Waals surface area contributed by atoms with Crippen molar-refractivity contribution in [2.45, 2.75) is 18.9 Å². The normalized spacial score (nSPS) is 15.2. The Morgan fingerprint density at radius 2 is 1.93 bits per heavy atom. The Balaban J connectivity index is 1.37. The van der Waals surface area contributed by atoms with Gasteiger partial charge in [-0.25, -0.2) is 4.79 Å². The summed E-state index contributed by atoms with van der Waals surface area (Å²) in [4.78, 5) is 26.1. The summed E-state index contributed by atoms with van der Waals surface area (Å²) < 4.78 is 10.7. The molecule has 30 heavy (non-hydrogen) atoms. The molecule has 1 saturated heterocycles. The van der Waals surface area contributed by atoms with Gasteiger partial charge in [0.25, 0.3) is 5.91 Å². The molecule has 156 valence electrons. The Bertz CT molecular complexity index is 1090. The zero-order valence-electron chi connectivity index (χ0n) is 16.5. The molecule has 1 aromatic heterocycles. The van der Waals surface area contributed by atoms with E-state index in [1.807, 2.05) is 24.3 Å². The summed E-state index contributed by atoms with van der Waals surface area (Å²) in [6, 6.07) is 16.1. The van der Waals surface area contributed by atoms with Gasteiger partial charge in [-0.3, -0.25) is 9.69 Å². The monoisotopic (exact) mass is 426 g/mol. The number of benzene rings is 2. The van der Waals surface area contributed by atoms with Crippen LogP contribution in [0.4, 0.5) is 0 Å². The van der Waals surface area contributed by atoms with Gasteiger partial charge < -0.3 is 14.5 Å². The highest BCUT2D eigenvalue weighted by Gasteiger charge is 2.24. The van der Waals surface area contributed by atoms with Crippen LogP contribution in [0.2, 0.25) is 5.02 Å². The number of nitrogens with zero attached hydrogens (tertiary/aromatic N) is 1. The van der Waals surface area contributed by atoms with E-state index in [-0.39, 0.29) is 18.6 Å². The Kier molecular flexibility index (Phi) is 6.35. The van der Waals surface area contributed by atoms with E-state index in [1.54, 1.807) is 24.3 Å². The summed E-state index contributed by atoms with van der Waals surface area (Å²) in [5, 5.41) is 4.45. The first-order valence-corrected chi connectivity index (χ1v) is 10.4. The topological polar surface area (TPSA) is 71.8 Å². The van der Waals surface area contributed by atoms with Crippen molar-refractivity contribution in [2.24, 2.45) is 0 Å². The lowest BCUT2D eigenvalue weighted by atomic mass is 10.1. The van der Waals surface area contributed by atoms with Crippen LogP contribution in [0.15, 0.2) is 63.8 Å². The number of fused-ring (bicyclic) bond motifs is 1. The molecule has 0 bridgehead atoms. The summed E-state index contributed by atoms with van der Waals surface area (Å²) in [6.07, 6.45) is 2.32. The van der Waals surface area contributed by atoms with Crippen molar-refractivity contribution < 1.29 is 13.9 Å². The van der Waals surface area contributed by atoms with E-state index in [0.717, 1.165) is 36.9 Å².